The van der Waals surface area contributed by atoms with Gasteiger partial charge in [-0.2, -0.15) is 0 Å². The van der Waals surface area contributed by atoms with E-state index in [1.165, 1.54) is 11.8 Å². The van der Waals surface area contributed by atoms with Gasteiger partial charge in [0.1, 0.15) is 0 Å². The molecule has 62 valence electrons. The fourth-order valence-corrected chi connectivity index (χ4v) is 1.66. The molecule has 0 aromatic heterocycles. The lowest BCUT2D eigenvalue weighted by molar-refractivity contribution is -0.108. The zero-order valence-electron chi connectivity index (χ0n) is 6.72. The second kappa shape index (κ2) is 4.57. The monoisotopic (exact) mass is 171 g/mol. The van der Waals surface area contributed by atoms with E-state index in [1.54, 1.807) is 0 Å². The number of rotatable bonds is 2. The van der Waals surface area contributed by atoms with Gasteiger partial charge in [-0.25, -0.2) is 0 Å². The van der Waals surface area contributed by atoms with Crippen LogP contribution < -0.4 is 5.32 Å². The minimum absolute atomic E-state index is 0.258. The molecule has 1 aliphatic heterocycles. The molecule has 0 atom stereocenters. The molecule has 1 heterocycles. The molecule has 0 amide bonds. The summed E-state index contributed by atoms with van der Waals surface area (Å²) in [4.78, 5) is 11.3. The Morgan fingerprint density at radius 2 is 2.64 bits per heavy atom. The van der Waals surface area contributed by atoms with Gasteiger partial charge in [-0.1, -0.05) is 24.8 Å². The van der Waals surface area contributed by atoms with E-state index in [9.17, 15) is 4.79 Å². The Balaban J connectivity index is 2.44. The first-order valence-electron chi connectivity index (χ1n) is 3.91. The van der Waals surface area contributed by atoms with Gasteiger partial charge in [0.25, 0.3) is 0 Å². The molecule has 1 rings (SSSR count). The summed E-state index contributed by atoms with van der Waals surface area (Å²) in [6.07, 6.45) is 2.89. The zero-order valence-corrected chi connectivity index (χ0v) is 7.54. The van der Waals surface area contributed by atoms with Crippen LogP contribution in [0.15, 0.2) is 11.6 Å². The van der Waals surface area contributed by atoms with Crippen LogP contribution in [0.3, 0.4) is 0 Å². The fourth-order valence-electron chi connectivity index (χ4n) is 1.03. The Kier molecular flexibility index (Phi) is 3.66. The summed E-state index contributed by atoms with van der Waals surface area (Å²) >= 11 is 1.40. The van der Waals surface area contributed by atoms with E-state index in [2.05, 4.69) is 5.32 Å². The standard InChI is InChI=1S/C8H13NOS/c1-2-11-8(10)7-3-5-9-6-4-7/h3,9H,2,4-6H2,1H3. The van der Waals surface area contributed by atoms with Gasteiger partial charge in [-0.15, -0.1) is 0 Å². The van der Waals surface area contributed by atoms with Crippen molar-refractivity contribution in [2.75, 3.05) is 18.8 Å². The molecule has 3 heteroatoms. The summed E-state index contributed by atoms with van der Waals surface area (Å²) in [5.41, 5.74) is 0.996. The van der Waals surface area contributed by atoms with E-state index >= 15 is 0 Å². The maximum Gasteiger partial charge on any atom is 0.215 e. The number of thioether (sulfide) groups is 1. The van der Waals surface area contributed by atoms with Crippen molar-refractivity contribution in [1.82, 2.24) is 5.32 Å². The minimum Gasteiger partial charge on any atom is -0.313 e. The van der Waals surface area contributed by atoms with Crippen LogP contribution in [0, 0.1) is 0 Å². The van der Waals surface area contributed by atoms with E-state index in [4.69, 9.17) is 0 Å². The predicted molar refractivity (Wildman–Crippen MR) is 48.7 cm³/mol. The summed E-state index contributed by atoms with van der Waals surface area (Å²) in [5.74, 6) is 0.879. The van der Waals surface area contributed by atoms with Crippen LogP contribution in [-0.2, 0) is 4.79 Å². The molecule has 1 aliphatic rings. The van der Waals surface area contributed by atoms with Crippen LogP contribution in [0.25, 0.3) is 0 Å². The van der Waals surface area contributed by atoms with Crippen molar-refractivity contribution in [3.63, 3.8) is 0 Å². The van der Waals surface area contributed by atoms with Crippen molar-refractivity contribution in [2.45, 2.75) is 13.3 Å². The fraction of sp³-hybridized carbons (Fsp3) is 0.625. The highest BCUT2D eigenvalue weighted by Crippen LogP contribution is 2.14. The van der Waals surface area contributed by atoms with Crippen LogP contribution in [-0.4, -0.2) is 24.0 Å². The molecule has 0 saturated carbocycles. The van der Waals surface area contributed by atoms with Gasteiger partial charge in [0.15, 0.2) is 0 Å². The molecule has 11 heavy (non-hydrogen) atoms. The number of nitrogens with one attached hydrogen (secondary N) is 1. The van der Waals surface area contributed by atoms with Crippen LogP contribution in [0.5, 0.6) is 0 Å². The van der Waals surface area contributed by atoms with E-state index in [1.807, 2.05) is 13.0 Å². The molecular formula is C8H13NOS. The molecular weight excluding hydrogens is 158 g/mol. The lowest BCUT2D eigenvalue weighted by atomic mass is 10.1. The van der Waals surface area contributed by atoms with Crippen molar-refractivity contribution in [3.05, 3.63) is 11.6 Å². The first-order valence-corrected chi connectivity index (χ1v) is 4.90. The SMILES string of the molecule is CCSC(=O)C1=CCNCC1. The van der Waals surface area contributed by atoms with Crippen LogP contribution >= 0.6 is 11.8 Å². The maximum atomic E-state index is 11.3. The topological polar surface area (TPSA) is 29.1 Å². The Morgan fingerprint density at radius 3 is 3.18 bits per heavy atom. The third kappa shape index (κ3) is 2.67. The van der Waals surface area contributed by atoms with Crippen LogP contribution in [0.1, 0.15) is 13.3 Å². The maximum absolute atomic E-state index is 11.3. The smallest absolute Gasteiger partial charge is 0.215 e. The van der Waals surface area contributed by atoms with Gasteiger partial charge in [-0.05, 0) is 18.7 Å². The van der Waals surface area contributed by atoms with Crippen LogP contribution in [0.2, 0.25) is 0 Å². The first-order chi connectivity index (χ1) is 5.34. The molecule has 0 saturated heterocycles. The van der Waals surface area contributed by atoms with Crippen molar-refractivity contribution in [1.29, 1.82) is 0 Å². The molecule has 0 aromatic carbocycles. The van der Waals surface area contributed by atoms with Crippen molar-refractivity contribution in [3.8, 4) is 0 Å². The normalized spacial score (nSPS) is 17.7. The lowest BCUT2D eigenvalue weighted by Gasteiger charge is -2.11. The number of hydrogen-bond donors (Lipinski definition) is 1. The average molecular weight is 171 g/mol. The summed E-state index contributed by atoms with van der Waals surface area (Å²) < 4.78 is 0. The molecule has 0 fully saturated rings. The van der Waals surface area contributed by atoms with E-state index < -0.39 is 0 Å². The lowest BCUT2D eigenvalue weighted by Crippen LogP contribution is -2.22. The summed E-state index contributed by atoms with van der Waals surface area (Å²) in [6, 6.07) is 0. The second-order valence-corrected chi connectivity index (χ2v) is 3.64. The third-order valence-corrected chi connectivity index (χ3v) is 2.41. The van der Waals surface area contributed by atoms with Gasteiger partial charge in [0.05, 0.1) is 0 Å². The van der Waals surface area contributed by atoms with E-state index in [0.717, 1.165) is 30.8 Å². The highest BCUT2D eigenvalue weighted by atomic mass is 32.2. The molecule has 2 nitrogen and oxygen atoms in total. The number of hydrogen-bond acceptors (Lipinski definition) is 3. The molecule has 0 aromatic rings. The summed E-state index contributed by atoms with van der Waals surface area (Å²) in [5, 5.41) is 3.43. The number of carbonyl (C=O) groups excluding carboxylic acids is 1. The highest BCUT2D eigenvalue weighted by Gasteiger charge is 2.10. The zero-order chi connectivity index (χ0) is 8.10. The second-order valence-electron chi connectivity index (χ2n) is 2.40. The highest BCUT2D eigenvalue weighted by molar-refractivity contribution is 8.14. The molecule has 0 bridgehead atoms. The molecule has 0 aliphatic carbocycles. The van der Waals surface area contributed by atoms with Gasteiger partial charge in [0.2, 0.25) is 5.12 Å². The Hall–Kier alpha value is -0.280. The molecule has 0 unspecified atom stereocenters. The Bertz CT molecular complexity index is 177. The minimum atomic E-state index is 0.258. The Morgan fingerprint density at radius 1 is 1.82 bits per heavy atom. The van der Waals surface area contributed by atoms with E-state index in [-0.39, 0.29) is 5.12 Å². The van der Waals surface area contributed by atoms with Gasteiger partial charge in [0, 0.05) is 12.1 Å². The van der Waals surface area contributed by atoms with Crippen molar-refractivity contribution < 1.29 is 4.79 Å². The van der Waals surface area contributed by atoms with Crippen molar-refractivity contribution in [2.24, 2.45) is 0 Å². The first kappa shape index (κ1) is 8.81. The number of carbonyl (C=O) groups is 1. The average Bonchev–Trinajstić information content (AvgIpc) is 2.07. The Labute approximate surface area is 71.4 Å². The largest absolute Gasteiger partial charge is 0.313 e. The third-order valence-electron chi connectivity index (χ3n) is 1.60. The predicted octanol–water partition coefficient (Wildman–Crippen LogP) is 1.19. The molecule has 1 N–H and O–H groups in total. The van der Waals surface area contributed by atoms with Gasteiger partial charge < -0.3 is 5.32 Å². The van der Waals surface area contributed by atoms with Gasteiger partial charge in [-0.3, -0.25) is 4.79 Å². The van der Waals surface area contributed by atoms with Gasteiger partial charge >= 0.3 is 0 Å². The van der Waals surface area contributed by atoms with Crippen molar-refractivity contribution >= 4 is 16.9 Å². The summed E-state index contributed by atoms with van der Waals surface area (Å²) in [6.45, 7) is 3.80. The summed E-state index contributed by atoms with van der Waals surface area (Å²) in [7, 11) is 0. The molecule has 0 radical (unpaired) electrons. The molecule has 0 spiro atoms. The van der Waals surface area contributed by atoms with Crippen LogP contribution in [0.4, 0.5) is 0 Å². The quantitative estimate of drug-likeness (QED) is 0.676. The van der Waals surface area contributed by atoms with E-state index in [0.29, 0.717) is 0 Å².